The Morgan fingerprint density at radius 3 is 2.04 bits per heavy atom. The number of Topliss-reactive ketones (excluding diaryl/α,β-unsaturated/α-hetero) is 1. The van der Waals surface area contributed by atoms with E-state index in [9.17, 15) is 33.9 Å². The van der Waals surface area contributed by atoms with Crippen LogP contribution in [0.1, 0.15) is 93.7 Å². The highest BCUT2D eigenvalue weighted by Gasteiger charge is 2.80. The molecule has 1 saturated heterocycles. The van der Waals surface area contributed by atoms with Crippen molar-refractivity contribution >= 4 is 41.6 Å². The third kappa shape index (κ3) is 6.27. The fourth-order valence-corrected chi connectivity index (χ4v) is 9.83. The molecule has 1 aliphatic heterocycles. The fourth-order valence-electron chi connectivity index (χ4n) is 9.83. The molecule has 5 rings (SSSR count). The van der Waals surface area contributed by atoms with Crippen LogP contribution in [0.2, 0.25) is 0 Å². The maximum atomic E-state index is 15.5. The Morgan fingerprint density at radius 2 is 1.52 bits per heavy atom. The van der Waals surface area contributed by atoms with E-state index in [1.54, 1.807) is 40.7 Å². The molecule has 3 aliphatic carbocycles. The molecule has 2 heterocycles. The van der Waals surface area contributed by atoms with Crippen molar-refractivity contribution in [1.82, 2.24) is 0 Å². The van der Waals surface area contributed by atoms with Crippen molar-refractivity contribution in [2.24, 2.45) is 28.1 Å². The molecule has 1 N–H and O–H groups in total. The molecule has 4 aliphatic rings. The number of rotatable bonds is 9. The third-order valence-corrected chi connectivity index (χ3v) is 12.4. The molecular weight excluding hydrogens is 732 g/mol. The minimum Gasteiger partial charge on any atom is -0.472 e. The zero-order valence-electron chi connectivity index (χ0n) is 33.5. The lowest BCUT2D eigenvalue weighted by Gasteiger charge is -2.67. The molecule has 2 bridgehead atoms. The van der Waals surface area contributed by atoms with E-state index in [0.717, 1.165) is 21.0 Å². The first-order chi connectivity index (χ1) is 26.1. The van der Waals surface area contributed by atoms with E-state index in [1.807, 2.05) is 0 Å². The van der Waals surface area contributed by atoms with Crippen molar-refractivity contribution in [3.05, 3.63) is 58.6 Å². The Balaban J connectivity index is 1.97. The Morgan fingerprint density at radius 1 is 0.911 bits per heavy atom. The summed E-state index contributed by atoms with van der Waals surface area (Å²) >= 11 is 0. The number of furan rings is 1. The van der Waals surface area contributed by atoms with Gasteiger partial charge in [0.05, 0.1) is 19.6 Å². The van der Waals surface area contributed by atoms with Crippen molar-refractivity contribution in [3.63, 3.8) is 0 Å². The lowest BCUT2D eigenvalue weighted by Crippen LogP contribution is -2.81. The summed E-state index contributed by atoms with van der Waals surface area (Å²) in [5.41, 5.74) is -6.89. The summed E-state index contributed by atoms with van der Waals surface area (Å²) in [6.07, 6.45) is -2.50. The Labute approximate surface area is 324 Å². The maximum Gasteiger partial charge on any atom is 0.352 e. The van der Waals surface area contributed by atoms with Gasteiger partial charge in [-0.05, 0) is 63.7 Å². The number of allylic oxidation sites excluding steroid dienone is 2. The molecule has 15 heteroatoms. The minimum absolute atomic E-state index is 0.0374. The van der Waals surface area contributed by atoms with E-state index in [1.165, 1.54) is 45.4 Å². The standard InChI is InChI=1S/C41H50O15/c1-12-19(3)32(44)54-27-26-25-24(14-16-39(26,9)30(55-35(27)47)23-15-17-51-18-23)40(10)29(28(34(46)50-11)52-21(5)42)38(7,8)37(56-33(45)20(4)13-2)41(49,36(40)48)31(25)53-22(6)43/h12-13,15,17-18,24,27-31,37,49H,14,16H2,1-11H3/b19-12+,20-13+/t24-,27+,28?,29-,30-,31-,37-,39+,40+,41-/m0/s1. The molecular formula is C41H50O15. The number of methoxy groups -OCH3 is 1. The van der Waals surface area contributed by atoms with Crippen LogP contribution in [0.5, 0.6) is 0 Å². The van der Waals surface area contributed by atoms with E-state index < -0.39 is 106 Å². The van der Waals surface area contributed by atoms with Crippen LogP contribution >= 0.6 is 0 Å². The Kier molecular flexibility index (Phi) is 11.1. The van der Waals surface area contributed by atoms with Crippen molar-refractivity contribution < 1.29 is 71.5 Å². The molecule has 56 heavy (non-hydrogen) atoms. The normalized spacial score (nSPS) is 34.2. The molecule has 0 amide bonds. The first-order valence-electron chi connectivity index (χ1n) is 18.4. The van der Waals surface area contributed by atoms with E-state index in [2.05, 4.69) is 0 Å². The van der Waals surface area contributed by atoms with Gasteiger partial charge in [-0.1, -0.05) is 39.8 Å². The van der Waals surface area contributed by atoms with Gasteiger partial charge in [-0.3, -0.25) is 14.4 Å². The van der Waals surface area contributed by atoms with Gasteiger partial charge < -0.3 is 37.9 Å². The summed E-state index contributed by atoms with van der Waals surface area (Å²) in [6, 6.07) is 1.60. The lowest BCUT2D eigenvalue weighted by atomic mass is 9.38. The SMILES string of the molecule is C/C=C(\C)C(=O)O[C@H]1C(=O)O[C@@H](c2ccoc2)[C@]2(C)CC[C@H]3C(=C12)[C@H](OC(C)=O)[C@]1(O)C(=O)[C@@]3(C)[C@@H](C(OC(C)=O)C(=O)OC)C(C)(C)[C@@H]1OC(=O)/C(C)=C/C. The second-order valence-electron chi connectivity index (χ2n) is 16.0. The predicted molar refractivity (Wildman–Crippen MR) is 192 cm³/mol. The third-order valence-electron chi connectivity index (χ3n) is 12.4. The number of esters is 6. The zero-order chi connectivity index (χ0) is 41.9. The molecule has 15 nitrogen and oxygen atoms in total. The number of cyclic esters (lactones) is 1. The van der Waals surface area contributed by atoms with Crippen LogP contribution in [0.15, 0.2) is 57.5 Å². The van der Waals surface area contributed by atoms with Crippen LogP contribution in [0.25, 0.3) is 0 Å². The predicted octanol–water partition coefficient (Wildman–Crippen LogP) is 4.36. The molecule has 10 atom stereocenters. The summed E-state index contributed by atoms with van der Waals surface area (Å²) in [7, 11) is 1.08. The summed E-state index contributed by atoms with van der Waals surface area (Å²) in [5.74, 6) is -9.11. The first-order valence-corrected chi connectivity index (χ1v) is 18.4. The van der Waals surface area contributed by atoms with Crippen LogP contribution in [0.3, 0.4) is 0 Å². The summed E-state index contributed by atoms with van der Waals surface area (Å²) in [4.78, 5) is 96.6. The van der Waals surface area contributed by atoms with Crippen LogP contribution in [-0.2, 0) is 62.0 Å². The summed E-state index contributed by atoms with van der Waals surface area (Å²) < 4.78 is 40.2. The quantitative estimate of drug-likeness (QED) is 0.160. The van der Waals surface area contributed by atoms with Crippen LogP contribution in [-0.4, -0.2) is 83.8 Å². The number of aliphatic hydroxyl groups is 1. The molecule has 2 saturated carbocycles. The average molecular weight is 783 g/mol. The number of carbonyl (C=O) groups excluding carboxylic acids is 7. The highest BCUT2D eigenvalue weighted by Crippen LogP contribution is 2.70. The van der Waals surface area contributed by atoms with Crippen LogP contribution in [0.4, 0.5) is 0 Å². The number of ether oxygens (including phenoxy) is 6. The minimum atomic E-state index is -2.90. The molecule has 1 aromatic rings. The van der Waals surface area contributed by atoms with E-state index in [-0.39, 0.29) is 35.1 Å². The molecule has 1 aromatic heterocycles. The molecule has 0 spiro atoms. The van der Waals surface area contributed by atoms with E-state index >= 15 is 4.79 Å². The second-order valence-corrected chi connectivity index (χ2v) is 16.0. The first kappa shape index (κ1) is 42.1. The highest BCUT2D eigenvalue weighted by atomic mass is 16.6. The van der Waals surface area contributed by atoms with Crippen LogP contribution in [0, 0.1) is 28.1 Å². The van der Waals surface area contributed by atoms with Crippen molar-refractivity contribution in [1.29, 1.82) is 0 Å². The molecule has 0 radical (unpaired) electrons. The number of fused-ring (bicyclic) bond motifs is 5. The number of hydrogen-bond donors (Lipinski definition) is 1. The number of hydrogen-bond acceptors (Lipinski definition) is 15. The second kappa shape index (κ2) is 14.8. The largest absolute Gasteiger partial charge is 0.472 e. The van der Waals surface area contributed by atoms with Gasteiger partial charge in [-0.2, -0.15) is 0 Å². The Hall–Kier alpha value is -5.05. The van der Waals surface area contributed by atoms with Gasteiger partial charge in [0.15, 0.2) is 11.9 Å². The van der Waals surface area contributed by atoms with Crippen molar-refractivity contribution in [2.45, 2.75) is 118 Å². The van der Waals surface area contributed by atoms with Gasteiger partial charge in [0.25, 0.3) is 0 Å². The zero-order valence-corrected chi connectivity index (χ0v) is 33.5. The summed E-state index contributed by atoms with van der Waals surface area (Å²) in [5, 5.41) is 13.3. The maximum absolute atomic E-state index is 15.5. The van der Waals surface area contributed by atoms with Crippen molar-refractivity contribution in [3.8, 4) is 0 Å². The fraction of sp³-hybridized carbons (Fsp3) is 0.585. The average Bonchev–Trinajstić information content (AvgIpc) is 3.68. The van der Waals surface area contributed by atoms with E-state index in [0.29, 0.717) is 5.56 Å². The topological polar surface area (TPSA) is 208 Å². The molecule has 3 fully saturated rings. The molecule has 1 unspecified atom stereocenters. The highest BCUT2D eigenvalue weighted by molar-refractivity contribution is 6.00. The van der Waals surface area contributed by atoms with Gasteiger partial charge in [0.2, 0.25) is 17.8 Å². The molecule has 304 valence electrons. The van der Waals surface area contributed by atoms with Gasteiger partial charge in [-0.25, -0.2) is 19.2 Å². The monoisotopic (exact) mass is 782 g/mol. The van der Waals surface area contributed by atoms with Gasteiger partial charge in [0, 0.05) is 52.7 Å². The number of carbonyl (C=O) groups is 7. The summed E-state index contributed by atoms with van der Waals surface area (Å²) in [6.45, 7) is 14.6. The van der Waals surface area contributed by atoms with Gasteiger partial charge in [-0.15, -0.1) is 0 Å². The van der Waals surface area contributed by atoms with Gasteiger partial charge >= 0.3 is 35.8 Å². The lowest BCUT2D eigenvalue weighted by molar-refractivity contribution is -0.267. The van der Waals surface area contributed by atoms with Crippen LogP contribution < -0.4 is 0 Å². The Bertz CT molecular complexity index is 1930. The van der Waals surface area contributed by atoms with E-state index in [4.69, 9.17) is 32.8 Å². The van der Waals surface area contributed by atoms with Gasteiger partial charge in [0.1, 0.15) is 12.2 Å². The molecule has 0 aromatic carbocycles. The smallest absolute Gasteiger partial charge is 0.352 e. The number of ketones is 1. The van der Waals surface area contributed by atoms with Crippen molar-refractivity contribution in [2.75, 3.05) is 7.11 Å².